The summed E-state index contributed by atoms with van der Waals surface area (Å²) in [5.41, 5.74) is 0.528. The molecule has 5 rings (SSSR count). The molecule has 7 nitrogen and oxygen atoms in total. The van der Waals surface area contributed by atoms with E-state index < -0.39 is 21.8 Å². The number of sulfonamides is 1. The number of nitrogens with zero attached hydrogens (tertiary/aromatic N) is 4. The monoisotopic (exact) mass is 480 g/mol. The Bertz CT molecular complexity index is 1260. The van der Waals surface area contributed by atoms with Crippen LogP contribution in [0.2, 0.25) is 0 Å². The highest BCUT2D eigenvalue weighted by atomic mass is 32.2. The van der Waals surface area contributed by atoms with Crippen molar-refractivity contribution in [3.05, 3.63) is 54.0 Å². The van der Waals surface area contributed by atoms with Gasteiger partial charge in [0.1, 0.15) is 17.4 Å². The maximum Gasteiger partial charge on any atom is 0.416 e. The fourth-order valence-electron chi connectivity index (χ4n) is 4.64. The standard InChI is InChI=1S/C22H23F3N4O3S/c23-22(24,25)15-4-1-5-17(14-15)33(30,31)28-11-8-16(9-12-28)29-20-18(6-2-10-26-20)27-21(29)19-7-3-13-32-19/h1-2,4-6,10,14,16,19H,3,7-9,11-13H2. The normalized spacial score (nSPS) is 21.1. The summed E-state index contributed by atoms with van der Waals surface area (Å²) in [6.07, 6.45) is -0.202. The number of hydrogen-bond acceptors (Lipinski definition) is 5. The Hall–Kier alpha value is -2.50. The molecule has 0 aliphatic carbocycles. The Morgan fingerprint density at radius 2 is 1.85 bits per heavy atom. The van der Waals surface area contributed by atoms with Crippen LogP contribution in [0.5, 0.6) is 0 Å². The summed E-state index contributed by atoms with van der Waals surface area (Å²) in [6.45, 7) is 1.07. The summed E-state index contributed by atoms with van der Waals surface area (Å²) in [6, 6.07) is 7.59. The van der Waals surface area contributed by atoms with Crippen LogP contribution >= 0.6 is 0 Å². The molecule has 2 fully saturated rings. The molecule has 2 aromatic heterocycles. The molecule has 0 spiro atoms. The van der Waals surface area contributed by atoms with E-state index in [9.17, 15) is 21.6 Å². The highest BCUT2D eigenvalue weighted by Gasteiger charge is 2.36. The van der Waals surface area contributed by atoms with Crippen LogP contribution < -0.4 is 0 Å². The molecule has 0 radical (unpaired) electrons. The van der Waals surface area contributed by atoms with Crippen LogP contribution in [0.25, 0.3) is 11.2 Å². The van der Waals surface area contributed by atoms with Gasteiger partial charge >= 0.3 is 6.18 Å². The summed E-state index contributed by atoms with van der Waals surface area (Å²) in [5, 5.41) is 0. The van der Waals surface area contributed by atoms with Gasteiger partial charge in [-0.1, -0.05) is 6.07 Å². The molecule has 11 heteroatoms. The molecular weight excluding hydrogens is 457 g/mol. The molecule has 33 heavy (non-hydrogen) atoms. The van der Waals surface area contributed by atoms with Crippen molar-refractivity contribution in [3.8, 4) is 0 Å². The molecule has 4 heterocycles. The van der Waals surface area contributed by atoms with E-state index in [0.717, 1.165) is 42.0 Å². The molecule has 1 aromatic carbocycles. The first-order valence-electron chi connectivity index (χ1n) is 10.9. The highest BCUT2D eigenvalue weighted by molar-refractivity contribution is 7.89. The van der Waals surface area contributed by atoms with Crippen LogP contribution in [-0.4, -0.2) is 47.0 Å². The lowest BCUT2D eigenvalue weighted by Crippen LogP contribution is -2.39. The van der Waals surface area contributed by atoms with Gasteiger partial charge in [0.25, 0.3) is 0 Å². The number of ether oxygens (including phenoxy) is 1. The van der Waals surface area contributed by atoms with Gasteiger partial charge in [-0.05, 0) is 56.0 Å². The van der Waals surface area contributed by atoms with E-state index in [2.05, 4.69) is 9.55 Å². The summed E-state index contributed by atoms with van der Waals surface area (Å²) in [7, 11) is -4.04. The van der Waals surface area contributed by atoms with E-state index in [0.29, 0.717) is 25.5 Å². The highest BCUT2D eigenvalue weighted by Crippen LogP contribution is 2.36. The fourth-order valence-corrected chi connectivity index (χ4v) is 6.15. The Labute approximate surface area is 189 Å². The van der Waals surface area contributed by atoms with Crippen LogP contribution in [-0.2, 0) is 20.9 Å². The molecule has 0 saturated carbocycles. The van der Waals surface area contributed by atoms with Crippen LogP contribution in [0.15, 0.2) is 47.5 Å². The lowest BCUT2D eigenvalue weighted by Gasteiger charge is -2.33. The van der Waals surface area contributed by atoms with Crippen molar-refractivity contribution < 1.29 is 26.3 Å². The van der Waals surface area contributed by atoms with Crippen molar-refractivity contribution >= 4 is 21.2 Å². The Morgan fingerprint density at radius 3 is 2.55 bits per heavy atom. The minimum Gasteiger partial charge on any atom is -0.370 e. The summed E-state index contributed by atoms with van der Waals surface area (Å²) in [4.78, 5) is 8.92. The number of hydrogen-bond donors (Lipinski definition) is 0. The number of imidazole rings is 1. The molecule has 1 atom stereocenters. The number of halogens is 3. The average molecular weight is 481 g/mol. The number of piperidine rings is 1. The molecule has 2 aliphatic heterocycles. The van der Waals surface area contributed by atoms with Gasteiger partial charge in [-0.2, -0.15) is 17.5 Å². The minimum absolute atomic E-state index is 0.0305. The van der Waals surface area contributed by atoms with Crippen molar-refractivity contribution in [3.63, 3.8) is 0 Å². The minimum atomic E-state index is -4.60. The Kier molecular flexibility index (Phi) is 5.66. The summed E-state index contributed by atoms with van der Waals surface area (Å²) >= 11 is 0. The van der Waals surface area contributed by atoms with Crippen molar-refractivity contribution in [1.29, 1.82) is 0 Å². The number of fused-ring (bicyclic) bond motifs is 1. The van der Waals surface area contributed by atoms with Crippen LogP contribution in [0.4, 0.5) is 13.2 Å². The van der Waals surface area contributed by atoms with Crippen molar-refractivity contribution in [1.82, 2.24) is 18.8 Å². The molecular formula is C22H23F3N4O3S. The van der Waals surface area contributed by atoms with Crippen molar-refractivity contribution in [2.45, 2.75) is 48.9 Å². The third-order valence-corrected chi connectivity index (χ3v) is 8.18. The quantitative estimate of drug-likeness (QED) is 0.556. The fraction of sp³-hybridized carbons (Fsp3) is 0.455. The maximum absolute atomic E-state index is 13.1. The van der Waals surface area contributed by atoms with E-state index in [1.54, 1.807) is 6.20 Å². The zero-order valence-corrected chi connectivity index (χ0v) is 18.5. The number of aromatic nitrogens is 3. The lowest BCUT2D eigenvalue weighted by atomic mass is 10.1. The first-order chi connectivity index (χ1) is 15.7. The van der Waals surface area contributed by atoms with Gasteiger partial charge < -0.3 is 9.30 Å². The molecule has 0 N–H and O–H groups in total. The SMILES string of the molecule is O=S(=O)(c1cccc(C(F)(F)F)c1)N1CCC(n2c(C3CCCO3)nc3cccnc32)CC1. The predicted octanol–water partition coefficient (Wildman–Crippen LogP) is 4.33. The number of alkyl halides is 3. The van der Waals surface area contributed by atoms with Gasteiger partial charge in [0, 0.05) is 31.9 Å². The zero-order chi connectivity index (χ0) is 23.2. The lowest BCUT2D eigenvalue weighted by molar-refractivity contribution is -0.137. The van der Waals surface area contributed by atoms with Gasteiger partial charge in [0.05, 0.1) is 10.5 Å². The summed E-state index contributed by atoms with van der Waals surface area (Å²) in [5.74, 6) is 0.806. The number of rotatable bonds is 4. The third kappa shape index (κ3) is 4.13. The van der Waals surface area contributed by atoms with E-state index in [1.807, 2.05) is 12.1 Å². The second-order valence-corrected chi connectivity index (χ2v) is 10.3. The number of benzene rings is 1. The van der Waals surface area contributed by atoms with Gasteiger partial charge in [0.2, 0.25) is 10.0 Å². The molecule has 2 aliphatic rings. The first-order valence-corrected chi connectivity index (χ1v) is 12.3. The zero-order valence-electron chi connectivity index (χ0n) is 17.7. The van der Waals surface area contributed by atoms with Gasteiger partial charge in [-0.3, -0.25) is 0 Å². The second kappa shape index (κ2) is 8.37. The van der Waals surface area contributed by atoms with Crippen LogP contribution in [0, 0.1) is 0 Å². The van der Waals surface area contributed by atoms with Crippen LogP contribution in [0.1, 0.15) is 49.2 Å². The van der Waals surface area contributed by atoms with Crippen molar-refractivity contribution in [2.75, 3.05) is 19.7 Å². The molecule has 2 saturated heterocycles. The Balaban J connectivity index is 1.40. The van der Waals surface area contributed by atoms with E-state index >= 15 is 0 Å². The largest absolute Gasteiger partial charge is 0.416 e. The molecule has 1 unspecified atom stereocenters. The van der Waals surface area contributed by atoms with E-state index in [4.69, 9.17) is 9.72 Å². The molecule has 0 amide bonds. The molecule has 176 valence electrons. The topological polar surface area (TPSA) is 77.3 Å². The predicted molar refractivity (Wildman–Crippen MR) is 114 cm³/mol. The summed E-state index contributed by atoms with van der Waals surface area (Å²) < 4.78 is 74.5. The third-order valence-electron chi connectivity index (χ3n) is 6.28. The maximum atomic E-state index is 13.1. The smallest absolute Gasteiger partial charge is 0.370 e. The van der Waals surface area contributed by atoms with Crippen LogP contribution in [0.3, 0.4) is 0 Å². The average Bonchev–Trinajstić information content (AvgIpc) is 3.46. The molecule has 0 bridgehead atoms. The first kappa shape index (κ1) is 22.3. The van der Waals surface area contributed by atoms with Gasteiger partial charge in [-0.15, -0.1) is 0 Å². The van der Waals surface area contributed by atoms with E-state index in [1.165, 1.54) is 10.4 Å². The van der Waals surface area contributed by atoms with Gasteiger partial charge in [-0.25, -0.2) is 18.4 Å². The van der Waals surface area contributed by atoms with E-state index in [-0.39, 0.29) is 30.1 Å². The Morgan fingerprint density at radius 1 is 1.06 bits per heavy atom. The van der Waals surface area contributed by atoms with Gasteiger partial charge in [0.15, 0.2) is 5.65 Å². The number of pyridine rings is 1. The molecule has 3 aromatic rings. The second-order valence-electron chi connectivity index (χ2n) is 8.35. The van der Waals surface area contributed by atoms with Crippen molar-refractivity contribution in [2.24, 2.45) is 0 Å².